The third-order valence-corrected chi connectivity index (χ3v) is 3.00. The van der Waals surface area contributed by atoms with Gasteiger partial charge < -0.3 is 10.1 Å². The zero-order valence-electron chi connectivity index (χ0n) is 12.5. The Kier molecular flexibility index (Phi) is 4.56. The Bertz CT molecular complexity index is 582. The van der Waals surface area contributed by atoms with Gasteiger partial charge in [-0.15, -0.1) is 0 Å². The molecule has 1 heterocycles. The van der Waals surface area contributed by atoms with Crippen molar-refractivity contribution in [3.05, 3.63) is 36.0 Å². The van der Waals surface area contributed by atoms with E-state index in [1.165, 1.54) is 0 Å². The molecule has 0 saturated heterocycles. The lowest BCUT2D eigenvalue weighted by Gasteiger charge is -2.11. The van der Waals surface area contributed by atoms with E-state index >= 15 is 0 Å². The number of ether oxygens (including phenoxy) is 1. The van der Waals surface area contributed by atoms with E-state index in [0.29, 0.717) is 12.5 Å². The van der Waals surface area contributed by atoms with E-state index in [0.717, 1.165) is 28.6 Å². The van der Waals surface area contributed by atoms with Crippen LogP contribution in [0.25, 0.3) is 11.4 Å². The molecule has 4 nitrogen and oxygen atoms in total. The summed E-state index contributed by atoms with van der Waals surface area (Å²) in [5.41, 5.74) is 2.00. The minimum atomic E-state index is 0.360. The van der Waals surface area contributed by atoms with Gasteiger partial charge in [-0.3, -0.25) is 0 Å². The van der Waals surface area contributed by atoms with Crippen LogP contribution in [0.1, 0.15) is 32.4 Å². The van der Waals surface area contributed by atoms with Gasteiger partial charge in [0.1, 0.15) is 11.6 Å². The molecule has 0 saturated carbocycles. The maximum absolute atomic E-state index is 5.53. The second kappa shape index (κ2) is 6.37. The molecule has 20 heavy (non-hydrogen) atoms. The standard InChI is InChI=1S/C16H21N3O/c1-5-20-13-8-6-7-12(9-13)16-18-14(11(2)3)10-15(17-4)19-16/h6-11H,5H2,1-4H3,(H,17,18,19). The number of benzene rings is 1. The minimum absolute atomic E-state index is 0.360. The van der Waals surface area contributed by atoms with Crippen LogP contribution in [0.4, 0.5) is 5.82 Å². The first kappa shape index (κ1) is 14.3. The van der Waals surface area contributed by atoms with Crippen LogP contribution >= 0.6 is 0 Å². The van der Waals surface area contributed by atoms with Gasteiger partial charge in [0.2, 0.25) is 0 Å². The highest BCUT2D eigenvalue weighted by molar-refractivity contribution is 5.59. The van der Waals surface area contributed by atoms with Gasteiger partial charge in [-0.1, -0.05) is 26.0 Å². The van der Waals surface area contributed by atoms with Crippen LogP contribution in [0.2, 0.25) is 0 Å². The zero-order chi connectivity index (χ0) is 14.5. The average molecular weight is 271 g/mol. The molecule has 2 aromatic rings. The van der Waals surface area contributed by atoms with E-state index in [4.69, 9.17) is 4.74 Å². The summed E-state index contributed by atoms with van der Waals surface area (Å²) in [7, 11) is 1.87. The smallest absolute Gasteiger partial charge is 0.161 e. The summed E-state index contributed by atoms with van der Waals surface area (Å²) in [5.74, 6) is 2.76. The van der Waals surface area contributed by atoms with Gasteiger partial charge in [0.15, 0.2) is 5.82 Å². The molecule has 2 rings (SSSR count). The lowest BCUT2D eigenvalue weighted by Crippen LogP contribution is -2.02. The molecule has 0 fully saturated rings. The van der Waals surface area contributed by atoms with Crippen molar-refractivity contribution in [3.63, 3.8) is 0 Å². The largest absolute Gasteiger partial charge is 0.494 e. The minimum Gasteiger partial charge on any atom is -0.494 e. The molecule has 0 atom stereocenters. The van der Waals surface area contributed by atoms with Crippen LogP contribution in [-0.4, -0.2) is 23.6 Å². The number of hydrogen-bond acceptors (Lipinski definition) is 4. The molecule has 0 amide bonds. The van der Waals surface area contributed by atoms with Crippen molar-refractivity contribution < 1.29 is 4.74 Å². The van der Waals surface area contributed by atoms with Crippen molar-refractivity contribution in [3.8, 4) is 17.1 Å². The van der Waals surface area contributed by atoms with Gasteiger partial charge in [0, 0.05) is 24.4 Å². The first-order valence-electron chi connectivity index (χ1n) is 6.94. The van der Waals surface area contributed by atoms with Crippen molar-refractivity contribution in [2.75, 3.05) is 19.0 Å². The van der Waals surface area contributed by atoms with Crippen LogP contribution in [0.3, 0.4) is 0 Å². The van der Waals surface area contributed by atoms with Crippen LogP contribution in [0, 0.1) is 0 Å². The van der Waals surface area contributed by atoms with E-state index in [1.807, 2.05) is 44.3 Å². The second-order valence-corrected chi connectivity index (χ2v) is 4.87. The van der Waals surface area contributed by atoms with Crippen molar-refractivity contribution in [1.82, 2.24) is 9.97 Å². The Labute approximate surface area is 120 Å². The molecular formula is C16H21N3O. The highest BCUT2D eigenvalue weighted by atomic mass is 16.5. The molecule has 1 N–H and O–H groups in total. The van der Waals surface area contributed by atoms with E-state index in [-0.39, 0.29) is 0 Å². The molecule has 106 valence electrons. The van der Waals surface area contributed by atoms with Crippen molar-refractivity contribution >= 4 is 5.82 Å². The summed E-state index contributed by atoms with van der Waals surface area (Å²) in [5, 5.41) is 3.09. The quantitative estimate of drug-likeness (QED) is 0.900. The van der Waals surface area contributed by atoms with Gasteiger partial charge in [-0.25, -0.2) is 9.97 Å². The molecule has 1 aromatic carbocycles. The fraction of sp³-hybridized carbons (Fsp3) is 0.375. The summed E-state index contributed by atoms with van der Waals surface area (Å²) >= 11 is 0. The van der Waals surface area contributed by atoms with Crippen LogP contribution < -0.4 is 10.1 Å². The highest BCUT2D eigenvalue weighted by Gasteiger charge is 2.09. The third kappa shape index (κ3) is 3.26. The van der Waals surface area contributed by atoms with Gasteiger partial charge in [0.25, 0.3) is 0 Å². The number of nitrogens with zero attached hydrogens (tertiary/aromatic N) is 2. The lowest BCUT2D eigenvalue weighted by molar-refractivity contribution is 0.340. The van der Waals surface area contributed by atoms with Crippen LogP contribution in [-0.2, 0) is 0 Å². The van der Waals surface area contributed by atoms with E-state index < -0.39 is 0 Å². The number of aromatic nitrogens is 2. The van der Waals surface area contributed by atoms with Crippen LogP contribution in [0.15, 0.2) is 30.3 Å². The zero-order valence-corrected chi connectivity index (χ0v) is 12.5. The fourth-order valence-electron chi connectivity index (χ4n) is 1.91. The van der Waals surface area contributed by atoms with Gasteiger partial charge in [-0.2, -0.15) is 0 Å². The van der Waals surface area contributed by atoms with Crippen LogP contribution in [0.5, 0.6) is 5.75 Å². The maximum atomic E-state index is 5.53. The Morgan fingerprint density at radius 2 is 2.00 bits per heavy atom. The molecule has 4 heteroatoms. The molecule has 0 aliphatic rings. The summed E-state index contributed by atoms with van der Waals surface area (Å²) in [4.78, 5) is 9.17. The molecule has 0 bridgehead atoms. The van der Waals surface area contributed by atoms with Gasteiger partial charge in [0.05, 0.1) is 6.61 Å². The molecule has 0 aliphatic heterocycles. The average Bonchev–Trinajstić information content (AvgIpc) is 2.47. The predicted molar refractivity (Wildman–Crippen MR) is 82.3 cm³/mol. The fourth-order valence-corrected chi connectivity index (χ4v) is 1.91. The highest BCUT2D eigenvalue weighted by Crippen LogP contribution is 2.24. The first-order valence-corrected chi connectivity index (χ1v) is 6.94. The first-order chi connectivity index (χ1) is 9.63. The summed E-state index contributed by atoms with van der Waals surface area (Å²) < 4.78 is 5.53. The van der Waals surface area contributed by atoms with E-state index in [9.17, 15) is 0 Å². The van der Waals surface area contributed by atoms with Crippen molar-refractivity contribution in [2.45, 2.75) is 26.7 Å². The Morgan fingerprint density at radius 3 is 2.65 bits per heavy atom. The molecule has 0 aliphatic carbocycles. The van der Waals surface area contributed by atoms with Gasteiger partial charge in [-0.05, 0) is 25.0 Å². The van der Waals surface area contributed by atoms with Gasteiger partial charge >= 0.3 is 0 Å². The Morgan fingerprint density at radius 1 is 1.20 bits per heavy atom. The number of rotatable bonds is 5. The normalized spacial score (nSPS) is 10.7. The van der Waals surface area contributed by atoms with E-state index in [2.05, 4.69) is 29.1 Å². The second-order valence-electron chi connectivity index (χ2n) is 4.87. The predicted octanol–water partition coefficient (Wildman–Crippen LogP) is 3.71. The molecule has 0 radical (unpaired) electrons. The monoisotopic (exact) mass is 271 g/mol. The number of nitrogens with one attached hydrogen (secondary N) is 1. The number of anilines is 1. The topological polar surface area (TPSA) is 47.0 Å². The number of hydrogen-bond donors (Lipinski definition) is 1. The maximum Gasteiger partial charge on any atom is 0.161 e. The Hall–Kier alpha value is -2.10. The van der Waals surface area contributed by atoms with Crippen molar-refractivity contribution in [1.29, 1.82) is 0 Å². The summed E-state index contributed by atoms with van der Waals surface area (Å²) in [6.07, 6.45) is 0. The Balaban J connectivity index is 2.45. The summed E-state index contributed by atoms with van der Waals surface area (Å²) in [6, 6.07) is 9.87. The molecular weight excluding hydrogens is 250 g/mol. The lowest BCUT2D eigenvalue weighted by atomic mass is 10.1. The van der Waals surface area contributed by atoms with Crippen molar-refractivity contribution in [2.24, 2.45) is 0 Å². The third-order valence-electron chi connectivity index (χ3n) is 3.00. The molecule has 0 spiro atoms. The SMILES string of the molecule is CCOc1cccc(-c2nc(NC)cc(C(C)C)n2)c1. The summed E-state index contributed by atoms with van der Waals surface area (Å²) in [6.45, 7) is 6.88. The van der Waals surface area contributed by atoms with E-state index in [1.54, 1.807) is 0 Å². The molecule has 1 aromatic heterocycles. The molecule has 0 unspecified atom stereocenters.